The first-order valence-electron chi connectivity index (χ1n) is 15.0. The highest BCUT2D eigenvalue weighted by Crippen LogP contribution is 2.55. The van der Waals surface area contributed by atoms with Crippen LogP contribution in [0.1, 0.15) is 71.3 Å². The Bertz CT molecular complexity index is 1260. The van der Waals surface area contributed by atoms with Gasteiger partial charge in [-0.2, -0.15) is 0 Å². The molecular weight excluding hydrogens is 570 g/mol. The van der Waals surface area contributed by atoms with Crippen molar-refractivity contribution in [2.45, 2.75) is 72.3 Å². The average Bonchev–Trinajstić information content (AvgIpc) is 2.99. The van der Waals surface area contributed by atoms with E-state index in [4.69, 9.17) is 23.7 Å². The molecule has 1 aliphatic rings. The number of hydrogen-bond donors (Lipinski definition) is 1. The van der Waals surface area contributed by atoms with Gasteiger partial charge in [-0.15, -0.1) is 0 Å². The second kappa shape index (κ2) is 17.0. The molecule has 3 unspecified atom stereocenters. The van der Waals surface area contributed by atoms with Crippen LogP contribution < -0.4 is 10.1 Å². The van der Waals surface area contributed by atoms with Crippen LogP contribution in [0.25, 0.3) is 0 Å². The van der Waals surface area contributed by atoms with E-state index in [1.165, 1.54) is 0 Å². The van der Waals surface area contributed by atoms with Gasteiger partial charge in [0.25, 0.3) is 0 Å². The number of hydrogen-bond acceptors (Lipinski definition) is 10. The summed E-state index contributed by atoms with van der Waals surface area (Å²) in [6.07, 6.45) is 2.36. The molecule has 3 atom stereocenters. The highest BCUT2D eigenvalue weighted by Gasteiger charge is 2.64. The van der Waals surface area contributed by atoms with E-state index in [2.05, 4.69) is 5.32 Å². The molecule has 0 heterocycles. The van der Waals surface area contributed by atoms with Gasteiger partial charge in [0.2, 0.25) is 19.5 Å². The third kappa shape index (κ3) is 9.29. The summed E-state index contributed by atoms with van der Waals surface area (Å²) in [5, 5.41) is 2.91. The largest absolute Gasteiger partial charge is 0.457 e. The first-order chi connectivity index (χ1) is 21.2. The summed E-state index contributed by atoms with van der Waals surface area (Å²) in [4.78, 5) is 63.3. The lowest BCUT2D eigenvalue weighted by molar-refractivity contribution is -0.200. The second-order valence-corrected chi connectivity index (χ2v) is 10.6. The SMILES string of the molecule is CCCC(=O)OCOC(=O)C1CC(CCC)(C(=O)NCc2ccc(Oc3ccccc3)cc2)C1C(=O)OCOC(=O)CCC. The molecule has 1 N–H and O–H groups in total. The Morgan fingerprint density at radius 3 is 1.86 bits per heavy atom. The third-order valence-electron chi connectivity index (χ3n) is 7.39. The fourth-order valence-corrected chi connectivity index (χ4v) is 5.24. The van der Waals surface area contributed by atoms with Crippen molar-refractivity contribution in [3.8, 4) is 11.5 Å². The molecule has 2 aromatic rings. The minimum Gasteiger partial charge on any atom is -0.457 e. The van der Waals surface area contributed by atoms with Crippen molar-refractivity contribution < 1.29 is 47.7 Å². The highest BCUT2D eigenvalue weighted by molar-refractivity contribution is 5.95. The van der Waals surface area contributed by atoms with Crippen molar-refractivity contribution in [3.05, 3.63) is 60.2 Å². The smallest absolute Gasteiger partial charge is 0.313 e. The highest BCUT2D eigenvalue weighted by atomic mass is 16.7. The molecule has 2 aromatic carbocycles. The Hall–Kier alpha value is -4.41. The van der Waals surface area contributed by atoms with Crippen LogP contribution in [0.4, 0.5) is 0 Å². The number of esters is 4. The summed E-state index contributed by atoms with van der Waals surface area (Å²) in [6.45, 7) is 4.43. The Labute approximate surface area is 257 Å². The zero-order valence-corrected chi connectivity index (χ0v) is 25.5. The lowest BCUT2D eigenvalue weighted by Gasteiger charge is -2.50. The van der Waals surface area contributed by atoms with Gasteiger partial charge in [0.1, 0.15) is 11.5 Å². The van der Waals surface area contributed by atoms with Gasteiger partial charge in [-0.25, -0.2) is 0 Å². The molecular formula is C33H41NO10. The topological polar surface area (TPSA) is 144 Å². The fourth-order valence-electron chi connectivity index (χ4n) is 5.24. The van der Waals surface area contributed by atoms with E-state index >= 15 is 0 Å². The van der Waals surface area contributed by atoms with Gasteiger partial charge in [-0.05, 0) is 55.5 Å². The van der Waals surface area contributed by atoms with Crippen LogP contribution in [0, 0.1) is 17.3 Å². The molecule has 0 saturated heterocycles. The number of nitrogens with one attached hydrogen (secondary N) is 1. The Morgan fingerprint density at radius 2 is 1.30 bits per heavy atom. The molecule has 238 valence electrons. The van der Waals surface area contributed by atoms with Crippen molar-refractivity contribution in [2.24, 2.45) is 17.3 Å². The number of carbonyl (C=O) groups excluding carboxylic acids is 5. The van der Waals surface area contributed by atoms with Crippen LogP contribution in [0.15, 0.2) is 54.6 Å². The van der Waals surface area contributed by atoms with Crippen LogP contribution in [-0.2, 0) is 49.5 Å². The van der Waals surface area contributed by atoms with Crippen LogP contribution in [0.3, 0.4) is 0 Å². The lowest BCUT2D eigenvalue weighted by atomic mass is 9.51. The summed E-state index contributed by atoms with van der Waals surface area (Å²) in [6, 6.07) is 16.6. The molecule has 11 heteroatoms. The van der Waals surface area contributed by atoms with Gasteiger partial charge >= 0.3 is 23.9 Å². The minimum atomic E-state index is -1.25. The molecule has 0 aliphatic heterocycles. The monoisotopic (exact) mass is 611 g/mol. The van der Waals surface area contributed by atoms with E-state index in [-0.39, 0.29) is 25.8 Å². The van der Waals surface area contributed by atoms with Gasteiger partial charge in [0, 0.05) is 19.4 Å². The second-order valence-electron chi connectivity index (χ2n) is 10.6. The predicted molar refractivity (Wildman–Crippen MR) is 158 cm³/mol. The predicted octanol–water partition coefficient (Wildman–Crippen LogP) is 5.21. The molecule has 1 saturated carbocycles. The summed E-state index contributed by atoms with van der Waals surface area (Å²) in [5.74, 6) is -3.95. The van der Waals surface area contributed by atoms with Gasteiger partial charge in [0.15, 0.2) is 0 Å². The van der Waals surface area contributed by atoms with E-state index in [0.717, 1.165) is 5.56 Å². The molecule has 44 heavy (non-hydrogen) atoms. The fraction of sp³-hybridized carbons (Fsp3) is 0.485. The number of ether oxygens (including phenoxy) is 5. The van der Waals surface area contributed by atoms with Crippen molar-refractivity contribution in [1.29, 1.82) is 0 Å². The van der Waals surface area contributed by atoms with Crippen molar-refractivity contribution in [3.63, 3.8) is 0 Å². The molecule has 11 nitrogen and oxygen atoms in total. The van der Waals surface area contributed by atoms with Gasteiger partial charge in [-0.3, -0.25) is 24.0 Å². The summed E-state index contributed by atoms with van der Waals surface area (Å²) < 4.78 is 26.0. The van der Waals surface area contributed by atoms with Gasteiger partial charge < -0.3 is 29.0 Å². The Balaban J connectivity index is 1.69. The average molecular weight is 612 g/mol. The maximum atomic E-state index is 13.7. The Kier molecular flexibility index (Phi) is 13.2. The van der Waals surface area contributed by atoms with Crippen LogP contribution in [-0.4, -0.2) is 43.4 Å². The van der Waals surface area contributed by atoms with Crippen LogP contribution in [0.2, 0.25) is 0 Å². The number of benzene rings is 2. The van der Waals surface area contributed by atoms with Crippen LogP contribution >= 0.6 is 0 Å². The van der Waals surface area contributed by atoms with E-state index in [1.54, 1.807) is 12.1 Å². The molecule has 1 amide bonds. The standard InChI is InChI=1S/C33H41NO10/c1-4-10-27(35)40-21-42-30(37)26-19-33(18-6-3,29(26)31(38)43-22-41-28(36)11-5-2)32(39)34-20-23-14-16-25(17-15-23)44-24-12-8-7-9-13-24/h7-9,12-17,26,29H,4-6,10-11,18-22H2,1-3H3,(H,34,39). The molecule has 0 spiro atoms. The zero-order valence-electron chi connectivity index (χ0n) is 25.5. The zero-order chi connectivity index (χ0) is 32.0. The van der Waals surface area contributed by atoms with E-state index < -0.39 is 60.6 Å². The number of carbonyl (C=O) groups is 5. The van der Waals surface area contributed by atoms with Gasteiger partial charge in [0.05, 0.1) is 17.3 Å². The third-order valence-corrected chi connectivity index (χ3v) is 7.39. The van der Waals surface area contributed by atoms with Crippen molar-refractivity contribution in [1.82, 2.24) is 5.32 Å². The minimum absolute atomic E-state index is 0.0354. The first kappa shape index (κ1) is 34.1. The van der Waals surface area contributed by atoms with E-state index in [1.807, 2.05) is 63.2 Å². The van der Waals surface area contributed by atoms with Crippen LogP contribution in [0.5, 0.6) is 11.5 Å². The summed E-state index contributed by atoms with van der Waals surface area (Å²) in [7, 11) is 0. The lowest BCUT2D eigenvalue weighted by Crippen LogP contribution is -2.62. The molecule has 3 rings (SSSR count). The van der Waals surface area contributed by atoms with E-state index in [9.17, 15) is 24.0 Å². The molecule has 0 radical (unpaired) electrons. The van der Waals surface area contributed by atoms with Crippen molar-refractivity contribution in [2.75, 3.05) is 13.6 Å². The maximum Gasteiger partial charge on any atom is 0.313 e. The molecule has 0 aromatic heterocycles. The molecule has 1 fully saturated rings. The molecule has 0 bridgehead atoms. The summed E-state index contributed by atoms with van der Waals surface area (Å²) in [5.41, 5.74) is -0.449. The maximum absolute atomic E-state index is 13.7. The Morgan fingerprint density at radius 1 is 0.727 bits per heavy atom. The molecule has 1 aliphatic carbocycles. The first-order valence-corrected chi connectivity index (χ1v) is 15.0. The summed E-state index contributed by atoms with van der Waals surface area (Å²) >= 11 is 0. The quantitative estimate of drug-likeness (QED) is 0.187. The van der Waals surface area contributed by atoms with E-state index in [0.29, 0.717) is 37.2 Å². The number of amides is 1. The van der Waals surface area contributed by atoms with Gasteiger partial charge in [-0.1, -0.05) is 57.5 Å². The normalized spacial score (nSPS) is 18.7. The van der Waals surface area contributed by atoms with Crippen molar-refractivity contribution >= 4 is 29.8 Å². The number of rotatable bonds is 17. The number of para-hydroxylation sites is 1.